The predicted octanol–water partition coefficient (Wildman–Crippen LogP) is 2.52. The number of carbonyl (C=O) groups excluding carboxylic acids is 2. The van der Waals surface area contributed by atoms with Crippen molar-refractivity contribution in [2.45, 2.75) is 52.0 Å². The van der Waals surface area contributed by atoms with Gasteiger partial charge in [-0.2, -0.15) is 0 Å². The highest BCUT2D eigenvalue weighted by atomic mass is 32.1. The molecule has 0 aliphatic carbocycles. The van der Waals surface area contributed by atoms with E-state index in [4.69, 9.17) is 0 Å². The second kappa shape index (κ2) is 6.36. The van der Waals surface area contributed by atoms with E-state index in [-0.39, 0.29) is 23.3 Å². The Balaban J connectivity index is 1.98. The van der Waals surface area contributed by atoms with Crippen LogP contribution in [0.1, 0.15) is 55.2 Å². The Hall–Kier alpha value is -1.43. The summed E-state index contributed by atoms with van der Waals surface area (Å²) in [5.41, 5.74) is -0.0274. The molecular weight excluding hydrogens is 298 g/mol. The van der Waals surface area contributed by atoms with Crippen LogP contribution < -0.4 is 0 Å². The Morgan fingerprint density at radius 1 is 1.32 bits per heavy atom. The summed E-state index contributed by atoms with van der Waals surface area (Å²) in [7, 11) is 1.84. The number of rotatable bonds is 2. The summed E-state index contributed by atoms with van der Waals surface area (Å²) >= 11 is 1.49. The molecule has 1 aromatic rings. The summed E-state index contributed by atoms with van der Waals surface area (Å²) in [6.45, 7) is 9.28. The first-order valence-corrected chi connectivity index (χ1v) is 8.51. The number of thiazole rings is 1. The lowest BCUT2D eigenvalue weighted by atomic mass is 9.98. The number of nitrogens with zero attached hydrogens (tertiary/aromatic N) is 3. The van der Waals surface area contributed by atoms with E-state index in [2.05, 4.69) is 25.8 Å². The third kappa shape index (κ3) is 3.66. The molecule has 0 bridgehead atoms. The summed E-state index contributed by atoms with van der Waals surface area (Å²) in [4.78, 5) is 32.7. The summed E-state index contributed by atoms with van der Waals surface area (Å²) < 4.78 is 0. The van der Waals surface area contributed by atoms with Crippen molar-refractivity contribution in [2.24, 2.45) is 0 Å². The number of amides is 2. The van der Waals surface area contributed by atoms with E-state index in [9.17, 15) is 9.59 Å². The molecular formula is C16H25N3O2S. The van der Waals surface area contributed by atoms with E-state index >= 15 is 0 Å². The zero-order chi connectivity index (χ0) is 16.5. The number of carbonyl (C=O) groups is 2. The smallest absolute Gasteiger partial charge is 0.265 e. The van der Waals surface area contributed by atoms with Gasteiger partial charge in [0.2, 0.25) is 5.91 Å². The minimum absolute atomic E-state index is 0.0274. The SMILES string of the molecule is CC(=O)N(C)C1CCN(C(=O)c2cnc(C(C)(C)C)s2)CC1. The van der Waals surface area contributed by atoms with E-state index in [1.807, 2.05) is 11.9 Å². The second-order valence-corrected chi connectivity index (χ2v) is 7.96. The van der Waals surface area contributed by atoms with Gasteiger partial charge in [-0.1, -0.05) is 20.8 Å². The average molecular weight is 323 g/mol. The van der Waals surface area contributed by atoms with Crippen LogP contribution >= 0.6 is 11.3 Å². The molecule has 22 heavy (non-hydrogen) atoms. The lowest BCUT2D eigenvalue weighted by molar-refractivity contribution is -0.130. The van der Waals surface area contributed by atoms with Crippen LogP contribution in [0.3, 0.4) is 0 Å². The average Bonchev–Trinajstić information content (AvgIpc) is 2.95. The molecule has 2 amide bonds. The molecule has 5 nitrogen and oxygen atoms in total. The van der Waals surface area contributed by atoms with Crippen LogP contribution in [0.15, 0.2) is 6.20 Å². The third-order valence-electron chi connectivity index (χ3n) is 4.15. The van der Waals surface area contributed by atoms with E-state index in [0.717, 1.165) is 17.8 Å². The maximum Gasteiger partial charge on any atom is 0.265 e. The molecule has 0 N–H and O–H groups in total. The van der Waals surface area contributed by atoms with Gasteiger partial charge in [-0.05, 0) is 12.8 Å². The highest BCUT2D eigenvalue weighted by Crippen LogP contribution is 2.28. The number of hydrogen-bond acceptors (Lipinski definition) is 4. The van der Waals surface area contributed by atoms with E-state index in [1.165, 1.54) is 11.3 Å². The van der Waals surface area contributed by atoms with Crippen molar-refractivity contribution in [1.29, 1.82) is 0 Å². The molecule has 6 heteroatoms. The summed E-state index contributed by atoms with van der Waals surface area (Å²) in [6.07, 6.45) is 3.38. The third-order valence-corrected chi connectivity index (χ3v) is 5.57. The van der Waals surface area contributed by atoms with Gasteiger partial charge in [0, 0.05) is 38.5 Å². The van der Waals surface area contributed by atoms with Crippen molar-refractivity contribution in [3.63, 3.8) is 0 Å². The van der Waals surface area contributed by atoms with Crippen molar-refractivity contribution in [2.75, 3.05) is 20.1 Å². The lowest BCUT2D eigenvalue weighted by Crippen LogP contribution is -2.46. The van der Waals surface area contributed by atoms with Crippen LogP contribution in [0, 0.1) is 0 Å². The van der Waals surface area contributed by atoms with Crippen LogP contribution in [-0.2, 0) is 10.2 Å². The molecule has 0 atom stereocenters. The Bertz CT molecular complexity index is 554. The highest BCUT2D eigenvalue weighted by Gasteiger charge is 2.28. The highest BCUT2D eigenvalue weighted by molar-refractivity contribution is 7.13. The van der Waals surface area contributed by atoms with Gasteiger partial charge < -0.3 is 9.80 Å². The van der Waals surface area contributed by atoms with Gasteiger partial charge in [0.05, 0.1) is 11.2 Å². The normalized spacial score (nSPS) is 16.7. The molecule has 0 aromatic carbocycles. The van der Waals surface area contributed by atoms with Crippen molar-refractivity contribution in [3.05, 3.63) is 16.1 Å². The monoisotopic (exact) mass is 323 g/mol. The van der Waals surface area contributed by atoms with Crippen molar-refractivity contribution < 1.29 is 9.59 Å². The molecule has 1 fully saturated rings. The van der Waals surface area contributed by atoms with Crippen molar-refractivity contribution in [3.8, 4) is 0 Å². The number of piperidine rings is 1. The van der Waals surface area contributed by atoms with E-state index in [1.54, 1.807) is 18.0 Å². The first-order valence-electron chi connectivity index (χ1n) is 7.69. The van der Waals surface area contributed by atoms with Crippen LogP contribution in [0.5, 0.6) is 0 Å². The molecule has 2 heterocycles. The fraction of sp³-hybridized carbons (Fsp3) is 0.688. The molecule has 0 radical (unpaired) electrons. The molecule has 1 aliphatic heterocycles. The Morgan fingerprint density at radius 2 is 1.91 bits per heavy atom. The number of hydrogen-bond donors (Lipinski definition) is 0. The van der Waals surface area contributed by atoms with E-state index in [0.29, 0.717) is 18.0 Å². The molecule has 0 saturated carbocycles. The molecule has 1 aromatic heterocycles. The van der Waals surface area contributed by atoms with Gasteiger partial charge in [-0.25, -0.2) is 4.98 Å². The molecule has 1 saturated heterocycles. The summed E-state index contributed by atoms with van der Waals surface area (Å²) in [6, 6.07) is 0.244. The summed E-state index contributed by atoms with van der Waals surface area (Å²) in [5.74, 6) is 0.152. The van der Waals surface area contributed by atoms with Crippen LogP contribution in [0.2, 0.25) is 0 Å². The first kappa shape index (κ1) is 16.9. The standard InChI is InChI=1S/C16H25N3O2S/c1-11(20)18(5)12-6-8-19(9-7-12)14(21)13-10-17-15(22-13)16(2,3)4/h10,12H,6-9H2,1-5H3. The van der Waals surface area contributed by atoms with Gasteiger partial charge in [-0.15, -0.1) is 11.3 Å². The number of aromatic nitrogens is 1. The molecule has 122 valence electrons. The largest absolute Gasteiger partial charge is 0.343 e. The fourth-order valence-electron chi connectivity index (χ4n) is 2.59. The topological polar surface area (TPSA) is 53.5 Å². The second-order valence-electron chi connectivity index (χ2n) is 6.93. The lowest BCUT2D eigenvalue weighted by Gasteiger charge is -2.36. The Morgan fingerprint density at radius 3 is 2.36 bits per heavy atom. The van der Waals surface area contributed by atoms with Gasteiger partial charge in [0.15, 0.2) is 0 Å². The Labute approximate surface area is 136 Å². The Kier molecular flexibility index (Phi) is 4.90. The zero-order valence-corrected chi connectivity index (χ0v) is 14.9. The van der Waals surface area contributed by atoms with E-state index < -0.39 is 0 Å². The summed E-state index contributed by atoms with van der Waals surface area (Å²) in [5, 5.41) is 0.988. The zero-order valence-electron chi connectivity index (χ0n) is 14.0. The van der Waals surface area contributed by atoms with Gasteiger partial charge >= 0.3 is 0 Å². The van der Waals surface area contributed by atoms with Gasteiger partial charge in [-0.3, -0.25) is 9.59 Å². The fourth-order valence-corrected chi connectivity index (χ4v) is 3.53. The molecule has 0 spiro atoms. The first-order chi connectivity index (χ1) is 10.2. The number of likely N-dealkylation sites (tertiary alicyclic amines) is 1. The predicted molar refractivity (Wildman–Crippen MR) is 88.2 cm³/mol. The van der Waals surface area contributed by atoms with Crippen LogP contribution in [0.25, 0.3) is 0 Å². The van der Waals surface area contributed by atoms with Gasteiger partial charge in [0.1, 0.15) is 4.88 Å². The van der Waals surface area contributed by atoms with Gasteiger partial charge in [0.25, 0.3) is 5.91 Å². The van der Waals surface area contributed by atoms with Crippen LogP contribution in [-0.4, -0.2) is 52.8 Å². The maximum absolute atomic E-state index is 12.6. The molecule has 0 unspecified atom stereocenters. The van der Waals surface area contributed by atoms with Crippen LogP contribution in [0.4, 0.5) is 0 Å². The molecule has 1 aliphatic rings. The van der Waals surface area contributed by atoms with Crippen molar-refractivity contribution >= 4 is 23.2 Å². The maximum atomic E-state index is 12.6. The molecule has 2 rings (SSSR count). The minimum atomic E-state index is -0.0274. The minimum Gasteiger partial charge on any atom is -0.343 e. The van der Waals surface area contributed by atoms with Crippen molar-refractivity contribution in [1.82, 2.24) is 14.8 Å². The quantitative estimate of drug-likeness (QED) is 0.840.